The number of ether oxygens (including phenoxy) is 2. The molecule has 2 amide bonds. The van der Waals surface area contributed by atoms with E-state index in [1.807, 2.05) is 0 Å². The molecule has 43 heavy (non-hydrogen) atoms. The second kappa shape index (κ2) is 14.4. The van der Waals surface area contributed by atoms with Crippen LogP contribution in [0, 0.1) is 5.82 Å². The van der Waals surface area contributed by atoms with Crippen LogP contribution in [-0.4, -0.2) is 58.0 Å². The zero-order valence-corrected chi connectivity index (χ0v) is 25.5. The number of halogens is 1. The van der Waals surface area contributed by atoms with Crippen molar-refractivity contribution in [3.8, 4) is 11.5 Å². The summed E-state index contributed by atoms with van der Waals surface area (Å²) >= 11 is 0. The summed E-state index contributed by atoms with van der Waals surface area (Å²) in [6.07, 6.45) is 4.11. The summed E-state index contributed by atoms with van der Waals surface area (Å²) in [6.45, 7) is 1.23. The lowest BCUT2D eigenvalue weighted by molar-refractivity contribution is -0.140. The van der Waals surface area contributed by atoms with E-state index >= 15 is 0 Å². The number of hydrogen-bond acceptors (Lipinski definition) is 6. The van der Waals surface area contributed by atoms with Crippen LogP contribution in [0.25, 0.3) is 0 Å². The highest BCUT2D eigenvalue weighted by Gasteiger charge is 2.35. The molecule has 1 saturated carbocycles. The fourth-order valence-corrected chi connectivity index (χ4v) is 6.73. The molecule has 4 rings (SSSR count). The van der Waals surface area contributed by atoms with E-state index in [0.29, 0.717) is 17.7 Å². The minimum atomic E-state index is -4.29. The Morgan fingerprint density at radius 3 is 2.21 bits per heavy atom. The van der Waals surface area contributed by atoms with E-state index in [1.54, 1.807) is 49.4 Å². The van der Waals surface area contributed by atoms with E-state index in [2.05, 4.69) is 5.32 Å². The van der Waals surface area contributed by atoms with Gasteiger partial charge in [0.1, 0.15) is 18.4 Å². The molecule has 230 valence electrons. The van der Waals surface area contributed by atoms with Gasteiger partial charge in [-0.25, -0.2) is 12.8 Å². The molecule has 0 aromatic heterocycles. The van der Waals surface area contributed by atoms with Gasteiger partial charge in [0.15, 0.2) is 11.5 Å². The van der Waals surface area contributed by atoms with Crippen LogP contribution in [0.1, 0.15) is 44.6 Å². The lowest BCUT2D eigenvalue weighted by Gasteiger charge is -2.33. The molecule has 0 heterocycles. The molecule has 0 unspecified atom stereocenters. The van der Waals surface area contributed by atoms with Crippen LogP contribution in [-0.2, 0) is 26.2 Å². The summed E-state index contributed by atoms with van der Waals surface area (Å²) in [5, 5.41) is 3.07. The third kappa shape index (κ3) is 7.64. The van der Waals surface area contributed by atoms with Crippen LogP contribution < -0.4 is 19.1 Å². The second-order valence-corrected chi connectivity index (χ2v) is 12.3. The van der Waals surface area contributed by atoms with Crippen molar-refractivity contribution in [3.63, 3.8) is 0 Å². The van der Waals surface area contributed by atoms with E-state index in [1.165, 1.54) is 49.5 Å². The maximum Gasteiger partial charge on any atom is 0.264 e. The summed E-state index contributed by atoms with van der Waals surface area (Å²) in [5.74, 6) is -0.725. The molecule has 1 fully saturated rings. The predicted octanol–water partition coefficient (Wildman–Crippen LogP) is 4.90. The maximum atomic E-state index is 14.2. The van der Waals surface area contributed by atoms with Gasteiger partial charge in [0.25, 0.3) is 10.0 Å². The number of para-hydroxylation sites is 1. The molecule has 11 heteroatoms. The first-order valence-electron chi connectivity index (χ1n) is 14.3. The summed E-state index contributed by atoms with van der Waals surface area (Å²) in [6, 6.07) is 17.4. The predicted molar refractivity (Wildman–Crippen MR) is 162 cm³/mol. The van der Waals surface area contributed by atoms with E-state index in [4.69, 9.17) is 9.47 Å². The smallest absolute Gasteiger partial charge is 0.264 e. The van der Waals surface area contributed by atoms with Gasteiger partial charge in [-0.3, -0.25) is 13.9 Å². The van der Waals surface area contributed by atoms with Gasteiger partial charge in [-0.15, -0.1) is 0 Å². The molecular formula is C32H38FN3O6S. The van der Waals surface area contributed by atoms with Gasteiger partial charge in [-0.2, -0.15) is 0 Å². The monoisotopic (exact) mass is 611 g/mol. The largest absolute Gasteiger partial charge is 0.493 e. The molecule has 1 atom stereocenters. The third-order valence-electron chi connectivity index (χ3n) is 7.62. The average molecular weight is 612 g/mol. The molecule has 0 spiro atoms. The molecule has 3 aromatic carbocycles. The Bertz CT molecular complexity index is 1500. The molecule has 1 aliphatic carbocycles. The number of anilines is 1. The summed E-state index contributed by atoms with van der Waals surface area (Å²) in [4.78, 5) is 29.0. The van der Waals surface area contributed by atoms with Crippen LogP contribution in [0.2, 0.25) is 0 Å². The first-order chi connectivity index (χ1) is 20.7. The van der Waals surface area contributed by atoms with Gasteiger partial charge in [-0.05, 0) is 61.2 Å². The first kappa shape index (κ1) is 31.8. The number of sulfonamides is 1. The Balaban J connectivity index is 1.71. The van der Waals surface area contributed by atoms with Crippen molar-refractivity contribution in [2.75, 3.05) is 25.1 Å². The lowest BCUT2D eigenvalue weighted by atomic mass is 10.1. The molecule has 0 saturated heterocycles. The number of nitrogens with zero attached hydrogens (tertiary/aromatic N) is 2. The van der Waals surface area contributed by atoms with Crippen molar-refractivity contribution in [2.24, 2.45) is 0 Å². The summed E-state index contributed by atoms with van der Waals surface area (Å²) in [5.41, 5.74) is 0.881. The van der Waals surface area contributed by atoms with Crippen LogP contribution in [0.15, 0.2) is 77.7 Å². The summed E-state index contributed by atoms with van der Waals surface area (Å²) < 4.78 is 53.5. The zero-order valence-electron chi connectivity index (χ0n) is 24.7. The van der Waals surface area contributed by atoms with Gasteiger partial charge < -0.3 is 19.7 Å². The first-order valence-corrected chi connectivity index (χ1v) is 15.8. The molecule has 0 radical (unpaired) electrons. The maximum absolute atomic E-state index is 14.2. The van der Waals surface area contributed by atoms with E-state index in [-0.39, 0.29) is 34.8 Å². The molecule has 9 nitrogen and oxygen atoms in total. The number of amides is 2. The molecule has 0 bridgehead atoms. The Morgan fingerprint density at radius 1 is 0.953 bits per heavy atom. The Hall–Kier alpha value is -4.12. The number of nitrogens with one attached hydrogen (secondary N) is 1. The molecule has 1 N–H and O–H groups in total. The van der Waals surface area contributed by atoms with E-state index < -0.39 is 34.3 Å². The Labute approximate surface area is 252 Å². The Morgan fingerprint density at radius 2 is 1.60 bits per heavy atom. The zero-order chi connectivity index (χ0) is 31.0. The minimum Gasteiger partial charge on any atom is -0.493 e. The number of carbonyl (C=O) groups is 2. The van der Waals surface area contributed by atoms with Crippen LogP contribution in [0.3, 0.4) is 0 Å². The van der Waals surface area contributed by atoms with E-state index in [9.17, 15) is 22.4 Å². The molecule has 1 aliphatic rings. The highest BCUT2D eigenvalue weighted by Crippen LogP contribution is 2.32. The van der Waals surface area contributed by atoms with Crippen LogP contribution >= 0.6 is 0 Å². The highest BCUT2D eigenvalue weighted by atomic mass is 32.2. The van der Waals surface area contributed by atoms with Crippen LogP contribution in [0.5, 0.6) is 11.5 Å². The number of benzene rings is 3. The summed E-state index contributed by atoms with van der Waals surface area (Å²) in [7, 11) is -1.44. The lowest BCUT2D eigenvalue weighted by Crippen LogP contribution is -2.53. The average Bonchev–Trinajstić information content (AvgIpc) is 3.53. The fraction of sp³-hybridized carbons (Fsp3) is 0.375. The van der Waals surface area contributed by atoms with Crippen molar-refractivity contribution < 1.29 is 31.9 Å². The van der Waals surface area contributed by atoms with Gasteiger partial charge >= 0.3 is 0 Å². The SMILES string of the molecule is CC[C@H](C(=O)NC1CCCC1)N(Cc1ccc(F)cc1)C(=O)CN(c1ccccc1)S(=O)(=O)c1ccc(OC)c(OC)c1. The normalized spacial score (nSPS) is 14.1. The van der Waals surface area contributed by atoms with Crippen LogP contribution in [0.4, 0.5) is 10.1 Å². The molecule has 3 aromatic rings. The topological polar surface area (TPSA) is 105 Å². The fourth-order valence-electron chi connectivity index (χ4n) is 5.30. The van der Waals surface area contributed by atoms with Gasteiger partial charge in [0.2, 0.25) is 11.8 Å². The van der Waals surface area contributed by atoms with Crippen molar-refractivity contribution in [1.82, 2.24) is 10.2 Å². The van der Waals surface area contributed by atoms with E-state index in [0.717, 1.165) is 30.0 Å². The highest BCUT2D eigenvalue weighted by molar-refractivity contribution is 7.92. The molecular weight excluding hydrogens is 573 g/mol. The minimum absolute atomic E-state index is 0.00522. The van der Waals surface area contributed by atoms with Crippen molar-refractivity contribution in [3.05, 3.63) is 84.2 Å². The van der Waals surface area contributed by atoms with Crippen molar-refractivity contribution >= 4 is 27.5 Å². The Kier molecular flexibility index (Phi) is 10.6. The number of carbonyl (C=O) groups excluding carboxylic acids is 2. The van der Waals surface area contributed by atoms with Gasteiger partial charge in [-0.1, -0.05) is 50.1 Å². The molecule has 0 aliphatic heterocycles. The number of rotatable bonds is 13. The van der Waals surface area contributed by atoms with Gasteiger partial charge in [0, 0.05) is 18.7 Å². The van der Waals surface area contributed by atoms with Crippen molar-refractivity contribution in [2.45, 2.75) is 62.6 Å². The number of methoxy groups -OCH3 is 2. The quantitative estimate of drug-likeness (QED) is 0.295. The standard InChI is InChI=1S/C32H38FN3O6S/c1-4-28(32(38)34-25-10-8-9-11-25)35(21-23-14-16-24(33)17-15-23)31(37)22-36(26-12-6-5-7-13-26)43(39,40)27-18-19-29(41-2)30(20-27)42-3/h5-7,12-20,25,28H,4,8-11,21-22H2,1-3H3,(H,34,38)/t28-/m1/s1. The van der Waals surface area contributed by atoms with Crippen molar-refractivity contribution in [1.29, 1.82) is 0 Å². The number of hydrogen-bond donors (Lipinski definition) is 1. The second-order valence-electron chi connectivity index (χ2n) is 10.4. The third-order valence-corrected chi connectivity index (χ3v) is 9.39. The van der Waals surface area contributed by atoms with Gasteiger partial charge in [0.05, 0.1) is 24.8 Å².